The van der Waals surface area contributed by atoms with Crippen LogP contribution in [0.2, 0.25) is 0 Å². The molecule has 0 aliphatic carbocycles. The quantitative estimate of drug-likeness (QED) is 0.903. The summed E-state index contributed by atoms with van der Waals surface area (Å²) in [4.78, 5) is 21.3. The molecule has 1 N–H and O–H groups in total. The number of aromatic amines is 1. The molecule has 23 heavy (non-hydrogen) atoms. The lowest BCUT2D eigenvalue weighted by atomic mass is 9.97. The third-order valence-corrected chi connectivity index (χ3v) is 5.16. The first-order chi connectivity index (χ1) is 11.3. The second-order valence-corrected chi connectivity index (χ2v) is 6.91. The predicted octanol–water partition coefficient (Wildman–Crippen LogP) is 2.17. The molecular formula is C17H29N5O. The molecule has 0 unspecified atom stereocenters. The largest absolute Gasteiger partial charge is 0.342 e. The van der Waals surface area contributed by atoms with Gasteiger partial charge in [0.15, 0.2) is 0 Å². The summed E-state index contributed by atoms with van der Waals surface area (Å²) in [5.74, 6) is 1.55. The summed E-state index contributed by atoms with van der Waals surface area (Å²) in [7, 11) is 0. The monoisotopic (exact) mass is 319 g/mol. The molecule has 1 atom stereocenters. The van der Waals surface area contributed by atoms with E-state index >= 15 is 0 Å². The highest BCUT2D eigenvalue weighted by Crippen LogP contribution is 2.24. The Kier molecular flexibility index (Phi) is 6.02. The maximum absolute atomic E-state index is 12.5. The molecule has 0 spiro atoms. The van der Waals surface area contributed by atoms with E-state index in [9.17, 15) is 4.79 Å². The number of piperidine rings is 1. The molecule has 128 valence electrons. The summed E-state index contributed by atoms with van der Waals surface area (Å²) in [6.45, 7) is 5.19. The number of nitrogens with one attached hydrogen (secondary N) is 1. The van der Waals surface area contributed by atoms with E-state index in [0.29, 0.717) is 18.2 Å². The molecule has 2 aliphatic heterocycles. The number of H-pyrrole nitrogens is 1. The molecule has 6 nitrogen and oxygen atoms in total. The van der Waals surface area contributed by atoms with Crippen LogP contribution in [0.25, 0.3) is 0 Å². The van der Waals surface area contributed by atoms with Crippen molar-refractivity contribution < 1.29 is 4.79 Å². The molecule has 2 saturated heterocycles. The normalized spacial score (nSPS) is 23.7. The lowest BCUT2D eigenvalue weighted by Crippen LogP contribution is -2.39. The number of amides is 1. The lowest BCUT2D eigenvalue weighted by molar-refractivity contribution is -0.132. The molecular weight excluding hydrogens is 290 g/mol. The van der Waals surface area contributed by atoms with Gasteiger partial charge in [0.05, 0.1) is 0 Å². The molecule has 3 heterocycles. The summed E-state index contributed by atoms with van der Waals surface area (Å²) in [6, 6.07) is 0. The Hall–Kier alpha value is -1.43. The van der Waals surface area contributed by atoms with E-state index in [1.165, 1.54) is 38.8 Å². The first-order valence-electron chi connectivity index (χ1n) is 9.18. The number of carbonyl (C=O) groups excluding carboxylic acids is 1. The van der Waals surface area contributed by atoms with Gasteiger partial charge in [-0.15, -0.1) is 0 Å². The van der Waals surface area contributed by atoms with Crippen molar-refractivity contribution in [1.29, 1.82) is 0 Å². The predicted molar refractivity (Wildman–Crippen MR) is 89.1 cm³/mol. The fourth-order valence-corrected chi connectivity index (χ4v) is 3.81. The van der Waals surface area contributed by atoms with Crippen LogP contribution in [-0.4, -0.2) is 63.6 Å². The highest BCUT2D eigenvalue weighted by Gasteiger charge is 2.26. The molecule has 0 bridgehead atoms. The first-order valence-corrected chi connectivity index (χ1v) is 9.18. The maximum Gasteiger partial charge on any atom is 0.222 e. The molecule has 2 fully saturated rings. The number of hydrogen-bond donors (Lipinski definition) is 1. The number of carbonyl (C=O) groups is 1. The van der Waals surface area contributed by atoms with Gasteiger partial charge < -0.3 is 9.80 Å². The zero-order chi connectivity index (χ0) is 15.9. The number of likely N-dealkylation sites (tertiary alicyclic amines) is 2. The van der Waals surface area contributed by atoms with Crippen molar-refractivity contribution in [2.75, 3.05) is 32.7 Å². The Morgan fingerprint density at radius 2 is 2.00 bits per heavy atom. The van der Waals surface area contributed by atoms with Crippen LogP contribution < -0.4 is 0 Å². The molecule has 1 aromatic heterocycles. The van der Waals surface area contributed by atoms with E-state index in [4.69, 9.17) is 0 Å². The van der Waals surface area contributed by atoms with Gasteiger partial charge in [-0.25, -0.2) is 4.98 Å². The van der Waals surface area contributed by atoms with Gasteiger partial charge in [0.1, 0.15) is 12.2 Å². The summed E-state index contributed by atoms with van der Waals surface area (Å²) in [6.07, 6.45) is 10.7. The van der Waals surface area contributed by atoms with Crippen molar-refractivity contribution in [2.24, 2.45) is 0 Å². The van der Waals surface area contributed by atoms with E-state index in [1.54, 1.807) is 6.33 Å². The average Bonchev–Trinajstić information content (AvgIpc) is 3.00. The Labute approximate surface area is 138 Å². The number of hydrogen-bond acceptors (Lipinski definition) is 4. The number of aromatic nitrogens is 3. The average molecular weight is 319 g/mol. The van der Waals surface area contributed by atoms with Crippen LogP contribution in [0.15, 0.2) is 6.33 Å². The molecule has 0 saturated carbocycles. The Morgan fingerprint density at radius 1 is 1.17 bits per heavy atom. The molecule has 1 amide bonds. The summed E-state index contributed by atoms with van der Waals surface area (Å²) in [5.41, 5.74) is 0. The van der Waals surface area contributed by atoms with Crippen LogP contribution in [0.5, 0.6) is 0 Å². The summed E-state index contributed by atoms with van der Waals surface area (Å²) < 4.78 is 0. The van der Waals surface area contributed by atoms with E-state index in [-0.39, 0.29) is 0 Å². The van der Waals surface area contributed by atoms with Crippen LogP contribution in [0.3, 0.4) is 0 Å². The minimum Gasteiger partial charge on any atom is -0.342 e. The zero-order valence-electron chi connectivity index (χ0n) is 14.0. The first kappa shape index (κ1) is 16.4. The fourth-order valence-electron chi connectivity index (χ4n) is 3.81. The van der Waals surface area contributed by atoms with Crippen molar-refractivity contribution in [1.82, 2.24) is 25.0 Å². The highest BCUT2D eigenvalue weighted by atomic mass is 16.2. The molecule has 1 aromatic rings. The van der Waals surface area contributed by atoms with Crippen molar-refractivity contribution in [3.8, 4) is 0 Å². The van der Waals surface area contributed by atoms with Gasteiger partial charge in [-0.1, -0.05) is 12.8 Å². The third kappa shape index (κ3) is 4.77. The minimum absolute atomic E-state index is 0.309. The van der Waals surface area contributed by atoms with Crippen molar-refractivity contribution >= 4 is 5.91 Å². The van der Waals surface area contributed by atoms with E-state index in [1.807, 2.05) is 4.90 Å². The summed E-state index contributed by atoms with van der Waals surface area (Å²) in [5, 5.41) is 6.88. The van der Waals surface area contributed by atoms with Crippen LogP contribution >= 0.6 is 0 Å². The lowest BCUT2D eigenvalue weighted by Gasteiger charge is -2.32. The van der Waals surface area contributed by atoms with E-state index in [2.05, 4.69) is 20.1 Å². The van der Waals surface area contributed by atoms with Gasteiger partial charge in [-0.3, -0.25) is 9.89 Å². The van der Waals surface area contributed by atoms with Gasteiger partial charge in [0.25, 0.3) is 0 Å². The number of rotatable bonds is 5. The van der Waals surface area contributed by atoms with Crippen LogP contribution in [0, 0.1) is 0 Å². The standard InChI is InChI=1S/C17H29N5O/c23-16(8-6-11-21-9-3-1-2-4-10-21)22-12-5-7-15(13-22)17-18-14-19-20-17/h14-15H,1-13H2,(H,18,19,20)/t15-/m0/s1. The summed E-state index contributed by atoms with van der Waals surface area (Å²) >= 11 is 0. The topological polar surface area (TPSA) is 65.1 Å². The zero-order valence-corrected chi connectivity index (χ0v) is 14.0. The SMILES string of the molecule is O=C(CCCN1CCCCCC1)N1CCC[C@H](c2ncn[nH]2)C1. The van der Waals surface area contributed by atoms with Crippen molar-refractivity contribution in [2.45, 2.75) is 57.3 Å². The van der Waals surface area contributed by atoms with Crippen LogP contribution in [0.4, 0.5) is 0 Å². The Morgan fingerprint density at radius 3 is 2.74 bits per heavy atom. The van der Waals surface area contributed by atoms with Crippen molar-refractivity contribution in [3.63, 3.8) is 0 Å². The Balaban J connectivity index is 1.40. The minimum atomic E-state index is 0.309. The van der Waals surface area contributed by atoms with Crippen LogP contribution in [0.1, 0.15) is 63.1 Å². The van der Waals surface area contributed by atoms with E-state index < -0.39 is 0 Å². The van der Waals surface area contributed by atoms with E-state index in [0.717, 1.165) is 44.7 Å². The van der Waals surface area contributed by atoms with Gasteiger partial charge in [0.2, 0.25) is 5.91 Å². The smallest absolute Gasteiger partial charge is 0.222 e. The maximum atomic E-state index is 12.5. The Bertz CT molecular complexity index is 467. The van der Waals surface area contributed by atoms with Crippen molar-refractivity contribution in [3.05, 3.63) is 12.2 Å². The second-order valence-electron chi connectivity index (χ2n) is 6.91. The van der Waals surface area contributed by atoms with Gasteiger partial charge in [-0.2, -0.15) is 5.10 Å². The van der Waals surface area contributed by atoms with Gasteiger partial charge >= 0.3 is 0 Å². The molecule has 3 rings (SSSR count). The third-order valence-electron chi connectivity index (χ3n) is 5.16. The highest BCUT2D eigenvalue weighted by molar-refractivity contribution is 5.76. The molecule has 0 radical (unpaired) electrons. The fraction of sp³-hybridized carbons (Fsp3) is 0.824. The van der Waals surface area contributed by atoms with Gasteiger partial charge in [0, 0.05) is 25.4 Å². The molecule has 6 heteroatoms. The number of nitrogens with zero attached hydrogens (tertiary/aromatic N) is 4. The molecule has 0 aromatic carbocycles. The molecule has 2 aliphatic rings. The van der Waals surface area contributed by atoms with Gasteiger partial charge in [-0.05, 0) is 51.7 Å². The van der Waals surface area contributed by atoms with Crippen LogP contribution in [-0.2, 0) is 4.79 Å². The second kappa shape index (κ2) is 8.43.